The van der Waals surface area contributed by atoms with E-state index < -0.39 is 46.1 Å². The molecule has 22 heavy (non-hydrogen) atoms. The Morgan fingerprint density at radius 1 is 1.09 bits per heavy atom. The number of halogens is 3. The predicted octanol–water partition coefficient (Wildman–Crippen LogP) is 1.61. The van der Waals surface area contributed by atoms with Gasteiger partial charge in [0, 0.05) is 0 Å². The first-order valence-electron chi connectivity index (χ1n) is 6.63. The molecular weight excluding hydrogens is 305 g/mol. The van der Waals surface area contributed by atoms with Gasteiger partial charge < -0.3 is 14.2 Å². The van der Waals surface area contributed by atoms with Gasteiger partial charge in [0.25, 0.3) is 0 Å². The van der Waals surface area contributed by atoms with Crippen LogP contribution in [-0.2, 0) is 23.8 Å². The maximum absolute atomic E-state index is 14.0. The fraction of sp³-hybridized carbons (Fsp3) is 0.714. The van der Waals surface area contributed by atoms with Crippen LogP contribution in [0.1, 0.15) is 13.8 Å². The summed E-state index contributed by atoms with van der Waals surface area (Å²) in [6.45, 7) is 2.60. The summed E-state index contributed by atoms with van der Waals surface area (Å²) in [5, 5.41) is 0. The molecule has 2 aliphatic heterocycles. The zero-order valence-electron chi connectivity index (χ0n) is 12.4. The van der Waals surface area contributed by atoms with E-state index in [2.05, 4.69) is 9.47 Å². The molecule has 5 nitrogen and oxygen atoms in total. The number of esters is 2. The van der Waals surface area contributed by atoms with Gasteiger partial charge >= 0.3 is 18.1 Å². The summed E-state index contributed by atoms with van der Waals surface area (Å²) in [6, 6.07) is 0. The average Bonchev–Trinajstić information content (AvgIpc) is 2.96. The lowest BCUT2D eigenvalue weighted by atomic mass is 9.71. The predicted molar refractivity (Wildman–Crippen MR) is 65.5 cm³/mol. The zero-order valence-corrected chi connectivity index (χ0v) is 12.4. The normalized spacial score (nSPS) is 48.0. The number of carbonyl (C=O) groups excluding carboxylic acids is 2. The summed E-state index contributed by atoms with van der Waals surface area (Å²) in [5.41, 5.74) is -8.25. The third-order valence-electron chi connectivity index (χ3n) is 5.51. The molecule has 1 saturated carbocycles. The van der Waals surface area contributed by atoms with Crippen molar-refractivity contribution in [2.75, 3.05) is 14.2 Å². The number of hydrogen-bond acceptors (Lipinski definition) is 5. The molecule has 122 valence electrons. The number of hydrogen-bond donors (Lipinski definition) is 0. The first-order chi connectivity index (χ1) is 10.00. The quantitative estimate of drug-likeness (QED) is 0.571. The van der Waals surface area contributed by atoms with Gasteiger partial charge in [-0.05, 0) is 13.8 Å². The highest BCUT2D eigenvalue weighted by Crippen LogP contribution is 2.90. The molecule has 1 aliphatic carbocycles. The largest absolute Gasteiger partial charge is 0.469 e. The lowest BCUT2D eigenvalue weighted by Gasteiger charge is -2.32. The Labute approximate surface area is 124 Å². The Balaban J connectivity index is 2.33. The van der Waals surface area contributed by atoms with Crippen LogP contribution in [-0.4, -0.2) is 43.5 Å². The van der Waals surface area contributed by atoms with Gasteiger partial charge in [-0.15, -0.1) is 0 Å². The van der Waals surface area contributed by atoms with Crippen LogP contribution in [0.2, 0.25) is 0 Å². The highest BCUT2D eigenvalue weighted by atomic mass is 19.4. The lowest BCUT2D eigenvalue weighted by molar-refractivity contribution is -0.232. The Hall–Kier alpha value is -1.57. The Morgan fingerprint density at radius 3 is 2.09 bits per heavy atom. The van der Waals surface area contributed by atoms with E-state index in [1.165, 1.54) is 26.0 Å². The highest BCUT2D eigenvalue weighted by Gasteiger charge is 3.06. The summed E-state index contributed by atoms with van der Waals surface area (Å²) in [5.74, 6) is -3.90. The second kappa shape index (κ2) is 3.67. The number of rotatable bonds is 2. The lowest BCUT2D eigenvalue weighted by Crippen LogP contribution is -2.48. The SMILES string of the molecule is COC(=O)[C@@H]1[C@]2(C(=O)OC)[C@@]1(C(F)(F)F)[C@@]1(C)C=C[C@]2(C)O1. The molecule has 0 aromatic heterocycles. The van der Waals surface area contributed by atoms with Crippen LogP contribution in [0.5, 0.6) is 0 Å². The molecule has 5 atom stereocenters. The average molecular weight is 320 g/mol. The van der Waals surface area contributed by atoms with Crippen molar-refractivity contribution in [1.82, 2.24) is 0 Å². The molecule has 3 rings (SSSR count). The van der Waals surface area contributed by atoms with Gasteiger partial charge in [-0.25, -0.2) is 0 Å². The smallest absolute Gasteiger partial charge is 0.399 e. The van der Waals surface area contributed by atoms with Crippen molar-refractivity contribution in [3.63, 3.8) is 0 Å². The fourth-order valence-electron chi connectivity index (χ4n) is 4.86. The summed E-state index contributed by atoms with van der Waals surface area (Å²) < 4.78 is 56.8. The van der Waals surface area contributed by atoms with E-state index in [-0.39, 0.29) is 0 Å². The molecule has 2 heterocycles. The Morgan fingerprint density at radius 2 is 1.64 bits per heavy atom. The second-order valence-electron chi connectivity index (χ2n) is 6.21. The van der Waals surface area contributed by atoms with Crippen LogP contribution in [0.25, 0.3) is 0 Å². The van der Waals surface area contributed by atoms with Crippen molar-refractivity contribution in [3.05, 3.63) is 12.2 Å². The topological polar surface area (TPSA) is 61.8 Å². The third-order valence-corrected chi connectivity index (χ3v) is 5.51. The summed E-state index contributed by atoms with van der Waals surface area (Å²) in [7, 11) is 1.98. The van der Waals surface area contributed by atoms with E-state index in [0.29, 0.717) is 0 Å². The van der Waals surface area contributed by atoms with Gasteiger partial charge in [-0.3, -0.25) is 9.59 Å². The molecule has 2 bridgehead atoms. The first-order valence-corrected chi connectivity index (χ1v) is 6.63. The van der Waals surface area contributed by atoms with Crippen LogP contribution in [0.15, 0.2) is 12.2 Å². The Kier molecular flexibility index (Phi) is 2.55. The molecule has 0 aromatic rings. The molecule has 3 aliphatic rings. The number of fused-ring (bicyclic) bond motifs is 5. The van der Waals surface area contributed by atoms with Crippen molar-refractivity contribution in [2.24, 2.45) is 16.7 Å². The molecule has 8 heteroatoms. The molecular formula is C14H15F3O5. The van der Waals surface area contributed by atoms with Crippen LogP contribution in [0, 0.1) is 16.7 Å². The molecule has 0 radical (unpaired) electrons. The summed E-state index contributed by atoms with van der Waals surface area (Å²) >= 11 is 0. The van der Waals surface area contributed by atoms with E-state index in [1.54, 1.807) is 0 Å². The van der Waals surface area contributed by atoms with Crippen molar-refractivity contribution < 1.29 is 37.0 Å². The zero-order chi connectivity index (χ0) is 16.8. The Bertz CT molecular complexity index is 614. The number of ether oxygens (including phenoxy) is 3. The van der Waals surface area contributed by atoms with E-state index in [1.807, 2.05) is 0 Å². The maximum Gasteiger partial charge on any atom is 0.399 e. The van der Waals surface area contributed by atoms with Crippen molar-refractivity contribution >= 4 is 11.9 Å². The fourth-order valence-corrected chi connectivity index (χ4v) is 4.86. The number of alkyl halides is 3. The van der Waals surface area contributed by atoms with E-state index in [4.69, 9.17) is 4.74 Å². The molecule has 1 saturated heterocycles. The monoisotopic (exact) mass is 320 g/mol. The van der Waals surface area contributed by atoms with Gasteiger partial charge in [0.1, 0.15) is 22.0 Å². The second-order valence-corrected chi connectivity index (χ2v) is 6.21. The van der Waals surface area contributed by atoms with Gasteiger partial charge in [0.05, 0.1) is 20.1 Å². The molecule has 0 aromatic carbocycles. The van der Waals surface area contributed by atoms with Crippen LogP contribution < -0.4 is 0 Å². The van der Waals surface area contributed by atoms with E-state index in [0.717, 1.165) is 14.2 Å². The molecule has 0 N–H and O–H groups in total. The number of methoxy groups -OCH3 is 2. The maximum atomic E-state index is 14.0. The molecule has 0 unspecified atom stereocenters. The minimum Gasteiger partial charge on any atom is -0.469 e. The molecule has 0 amide bonds. The first kappa shape index (κ1) is 15.3. The van der Waals surface area contributed by atoms with Crippen LogP contribution in [0.3, 0.4) is 0 Å². The van der Waals surface area contributed by atoms with Crippen LogP contribution >= 0.6 is 0 Å². The molecule has 2 fully saturated rings. The van der Waals surface area contributed by atoms with Crippen molar-refractivity contribution in [3.8, 4) is 0 Å². The summed E-state index contributed by atoms with van der Waals surface area (Å²) in [4.78, 5) is 24.4. The van der Waals surface area contributed by atoms with E-state index in [9.17, 15) is 22.8 Å². The van der Waals surface area contributed by atoms with Crippen LogP contribution in [0.4, 0.5) is 13.2 Å². The standard InChI is InChI=1S/C14H15F3O5/c1-10-5-6-11(2,22-10)13(14(15,16)17)7(8(18)20-3)12(10,13)9(19)21-4/h5-7H,1-4H3/t7-,10+,11-,12-,13+/m1/s1. The van der Waals surface area contributed by atoms with Gasteiger partial charge in [-0.1, -0.05) is 12.2 Å². The minimum atomic E-state index is -4.85. The van der Waals surface area contributed by atoms with Gasteiger partial charge in [0.15, 0.2) is 0 Å². The molecule has 0 spiro atoms. The van der Waals surface area contributed by atoms with E-state index >= 15 is 0 Å². The van der Waals surface area contributed by atoms with Crippen molar-refractivity contribution in [1.29, 1.82) is 0 Å². The van der Waals surface area contributed by atoms with Crippen molar-refractivity contribution in [2.45, 2.75) is 31.2 Å². The third kappa shape index (κ3) is 1.10. The van der Waals surface area contributed by atoms with Gasteiger partial charge in [0.2, 0.25) is 0 Å². The van der Waals surface area contributed by atoms with Gasteiger partial charge in [-0.2, -0.15) is 13.2 Å². The number of carbonyl (C=O) groups is 2. The summed E-state index contributed by atoms with van der Waals surface area (Å²) in [6.07, 6.45) is -2.18. The highest BCUT2D eigenvalue weighted by molar-refractivity contribution is 5.98. The minimum absolute atomic E-state index is 0.992.